The van der Waals surface area contributed by atoms with E-state index in [9.17, 15) is 23.1 Å². The van der Waals surface area contributed by atoms with Gasteiger partial charge >= 0.3 is 12.1 Å². The highest BCUT2D eigenvalue weighted by Gasteiger charge is 2.42. The smallest absolute Gasteiger partial charge is 0.433 e. The van der Waals surface area contributed by atoms with Gasteiger partial charge in [-0.15, -0.1) is 0 Å². The molecular weight excluding hydrogens is 289 g/mol. The van der Waals surface area contributed by atoms with Crippen molar-refractivity contribution in [3.05, 3.63) is 17.5 Å². The van der Waals surface area contributed by atoms with Crippen LogP contribution in [-0.4, -0.2) is 33.6 Å². The molecule has 21 heavy (non-hydrogen) atoms. The minimum atomic E-state index is -4.69. The summed E-state index contributed by atoms with van der Waals surface area (Å²) in [4.78, 5) is 11.6. The number of rotatable bonds is 3. The molecule has 0 spiro atoms. The normalized spacial score (nSPS) is 23.1. The Labute approximate surface area is 119 Å². The van der Waals surface area contributed by atoms with Crippen LogP contribution in [0.3, 0.4) is 0 Å². The zero-order chi connectivity index (χ0) is 15.6. The lowest BCUT2D eigenvalue weighted by Crippen LogP contribution is -2.26. The predicted octanol–water partition coefficient (Wildman–Crippen LogP) is 2.55. The Kier molecular flexibility index (Phi) is 4.55. The molecule has 1 aromatic heterocycles. The average Bonchev–Trinajstić information content (AvgIpc) is 2.84. The second-order valence-corrected chi connectivity index (χ2v) is 5.03. The first-order chi connectivity index (χ1) is 9.84. The van der Waals surface area contributed by atoms with Gasteiger partial charge in [-0.1, -0.05) is 0 Å². The fourth-order valence-electron chi connectivity index (χ4n) is 2.58. The summed E-state index contributed by atoms with van der Waals surface area (Å²) in [6.07, 6.45) is -2.61. The largest absolute Gasteiger partial charge is 0.462 e. The van der Waals surface area contributed by atoms with Crippen molar-refractivity contribution < 1.29 is 27.8 Å². The zero-order valence-electron chi connectivity index (χ0n) is 11.6. The summed E-state index contributed by atoms with van der Waals surface area (Å²) < 4.78 is 45.3. The number of esters is 1. The lowest BCUT2D eigenvalue weighted by molar-refractivity contribution is -0.146. The molecule has 1 heterocycles. The highest BCUT2D eigenvalue weighted by molar-refractivity contribution is 5.90. The van der Waals surface area contributed by atoms with Gasteiger partial charge in [0, 0.05) is 0 Å². The van der Waals surface area contributed by atoms with Gasteiger partial charge in [0.05, 0.1) is 24.9 Å². The van der Waals surface area contributed by atoms with Crippen LogP contribution >= 0.6 is 0 Å². The number of carbonyl (C=O) groups excluding carboxylic acids is 1. The Bertz CT molecular complexity index is 505. The summed E-state index contributed by atoms with van der Waals surface area (Å²) >= 11 is 0. The van der Waals surface area contributed by atoms with E-state index in [2.05, 4.69) is 9.84 Å². The van der Waals surface area contributed by atoms with Gasteiger partial charge in [0.2, 0.25) is 0 Å². The van der Waals surface area contributed by atoms with Crippen molar-refractivity contribution in [1.29, 1.82) is 0 Å². The van der Waals surface area contributed by atoms with E-state index in [0.717, 1.165) is 10.9 Å². The summed E-state index contributed by atoms with van der Waals surface area (Å²) in [6.45, 7) is 1.52. The third-order valence-electron chi connectivity index (χ3n) is 3.57. The number of alkyl halides is 3. The van der Waals surface area contributed by atoms with Gasteiger partial charge in [-0.05, 0) is 32.6 Å². The van der Waals surface area contributed by atoms with Crippen LogP contribution < -0.4 is 0 Å². The first kappa shape index (κ1) is 15.8. The fourth-order valence-corrected chi connectivity index (χ4v) is 2.58. The highest BCUT2D eigenvalue weighted by atomic mass is 19.4. The van der Waals surface area contributed by atoms with Gasteiger partial charge in [0.15, 0.2) is 5.69 Å². The average molecular weight is 306 g/mol. The van der Waals surface area contributed by atoms with Crippen LogP contribution in [-0.2, 0) is 10.9 Å². The van der Waals surface area contributed by atoms with E-state index < -0.39 is 35.5 Å². The van der Waals surface area contributed by atoms with Gasteiger partial charge in [0.1, 0.15) is 5.56 Å². The molecule has 0 radical (unpaired) electrons. The van der Waals surface area contributed by atoms with Crippen molar-refractivity contribution in [1.82, 2.24) is 9.78 Å². The summed E-state index contributed by atoms with van der Waals surface area (Å²) in [5.41, 5.74) is -1.63. The molecule has 0 amide bonds. The molecule has 0 atom stereocenters. The van der Waals surface area contributed by atoms with E-state index >= 15 is 0 Å². The summed E-state index contributed by atoms with van der Waals surface area (Å²) in [6, 6.07) is -0.465. The minimum Gasteiger partial charge on any atom is -0.462 e. The predicted molar refractivity (Wildman–Crippen MR) is 66.7 cm³/mol. The SMILES string of the molecule is CCOC(=O)c1cnn(C2CCC(O)CC2)c1C(F)(F)F. The molecule has 0 aliphatic heterocycles. The third kappa shape index (κ3) is 3.37. The van der Waals surface area contributed by atoms with E-state index in [4.69, 9.17) is 0 Å². The van der Waals surface area contributed by atoms with Crippen molar-refractivity contribution >= 4 is 5.97 Å². The van der Waals surface area contributed by atoms with E-state index in [1.165, 1.54) is 6.92 Å². The van der Waals surface area contributed by atoms with E-state index in [-0.39, 0.29) is 6.61 Å². The number of aliphatic hydroxyl groups excluding tert-OH is 1. The second-order valence-electron chi connectivity index (χ2n) is 5.03. The van der Waals surface area contributed by atoms with E-state index in [0.29, 0.717) is 25.7 Å². The lowest BCUT2D eigenvalue weighted by atomic mass is 9.93. The highest BCUT2D eigenvalue weighted by Crippen LogP contribution is 2.37. The summed E-state index contributed by atoms with van der Waals surface area (Å²) in [5, 5.41) is 13.2. The molecule has 1 saturated carbocycles. The number of hydrogen-bond acceptors (Lipinski definition) is 4. The van der Waals surface area contributed by atoms with Crippen LogP contribution in [0.4, 0.5) is 13.2 Å². The minimum absolute atomic E-state index is 0.00304. The number of carbonyl (C=O) groups is 1. The van der Waals surface area contributed by atoms with Crippen molar-refractivity contribution in [2.75, 3.05) is 6.61 Å². The topological polar surface area (TPSA) is 64.3 Å². The maximum Gasteiger partial charge on any atom is 0.433 e. The molecular formula is C13H17F3N2O3. The van der Waals surface area contributed by atoms with Crippen LogP contribution in [0.25, 0.3) is 0 Å². The molecule has 2 rings (SSSR count). The standard InChI is InChI=1S/C13H17F3N2O3/c1-2-21-12(20)10-7-17-18(11(10)13(14,15)16)8-3-5-9(19)6-4-8/h7-9,19H,2-6H2,1H3. The molecule has 8 heteroatoms. The second kappa shape index (κ2) is 6.05. The Hall–Kier alpha value is -1.57. The molecule has 0 bridgehead atoms. The monoisotopic (exact) mass is 306 g/mol. The van der Waals surface area contributed by atoms with Gasteiger partial charge in [-0.3, -0.25) is 4.68 Å². The number of ether oxygens (including phenoxy) is 1. The molecule has 0 unspecified atom stereocenters. The van der Waals surface area contributed by atoms with Gasteiger partial charge < -0.3 is 9.84 Å². The van der Waals surface area contributed by atoms with Crippen LogP contribution in [0.5, 0.6) is 0 Å². The quantitative estimate of drug-likeness (QED) is 0.872. The number of aromatic nitrogens is 2. The van der Waals surface area contributed by atoms with Crippen molar-refractivity contribution in [3.8, 4) is 0 Å². The van der Waals surface area contributed by atoms with Crippen molar-refractivity contribution in [3.63, 3.8) is 0 Å². The molecule has 1 aromatic rings. The molecule has 1 aliphatic carbocycles. The van der Waals surface area contributed by atoms with Crippen molar-refractivity contribution in [2.24, 2.45) is 0 Å². The molecule has 0 aromatic carbocycles. The number of halogens is 3. The third-order valence-corrected chi connectivity index (χ3v) is 3.57. The summed E-state index contributed by atoms with van der Waals surface area (Å²) in [5.74, 6) is -1.02. The maximum atomic E-state index is 13.3. The van der Waals surface area contributed by atoms with Crippen LogP contribution in [0, 0.1) is 0 Å². The van der Waals surface area contributed by atoms with Gasteiger partial charge in [-0.2, -0.15) is 18.3 Å². The Morgan fingerprint density at radius 1 is 1.43 bits per heavy atom. The molecule has 1 N–H and O–H groups in total. The molecule has 118 valence electrons. The van der Waals surface area contributed by atoms with Gasteiger partial charge in [-0.25, -0.2) is 4.79 Å². The van der Waals surface area contributed by atoms with Crippen LogP contribution in [0.2, 0.25) is 0 Å². The van der Waals surface area contributed by atoms with Crippen LogP contribution in [0.1, 0.15) is 54.7 Å². The van der Waals surface area contributed by atoms with Crippen molar-refractivity contribution in [2.45, 2.75) is 50.9 Å². The molecule has 0 saturated heterocycles. The van der Waals surface area contributed by atoms with Gasteiger partial charge in [0.25, 0.3) is 0 Å². The number of nitrogens with zero attached hydrogens (tertiary/aromatic N) is 2. The Morgan fingerprint density at radius 3 is 2.57 bits per heavy atom. The van der Waals surface area contributed by atoms with E-state index in [1.807, 2.05) is 0 Å². The lowest BCUT2D eigenvalue weighted by Gasteiger charge is -2.27. The van der Waals surface area contributed by atoms with Crippen LogP contribution in [0.15, 0.2) is 6.20 Å². The maximum absolute atomic E-state index is 13.3. The first-order valence-corrected chi connectivity index (χ1v) is 6.84. The Balaban J connectivity index is 2.36. The number of hydrogen-bond donors (Lipinski definition) is 1. The fraction of sp³-hybridized carbons (Fsp3) is 0.692. The zero-order valence-corrected chi connectivity index (χ0v) is 11.6. The molecule has 1 fully saturated rings. The van der Waals surface area contributed by atoms with E-state index in [1.54, 1.807) is 0 Å². The molecule has 1 aliphatic rings. The Morgan fingerprint density at radius 2 is 2.05 bits per heavy atom. The number of aliphatic hydroxyl groups is 1. The molecule has 5 nitrogen and oxygen atoms in total. The summed E-state index contributed by atoms with van der Waals surface area (Å²) in [7, 11) is 0. The first-order valence-electron chi connectivity index (χ1n) is 6.84.